The monoisotopic (exact) mass is 707 g/mol. The third kappa shape index (κ3) is 9.27. The Kier molecular flexibility index (Phi) is 24.5. The molecule has 0 aromatic carbocycles. The molecule has 296 valence electrons. The van der Waals surface area contributed by atoms with E-state index in [0.29, 0.717) is 37.2 Å². The molecular formula is C40H82O9. The first-order chi connectivity index (χ1) is 18.3. The van der Waals surface area contributed by atoms with Gasteiger partial charge >= 0.3 is 29.8 Å². The molecule has 49 heavy (non-hydrogen) atoms. The Bertz CT molecular complexity index is 1090. The lowest BCUT2D eigenvalue weighted by atomic mass is 9.58. The van der Waals surface area contributed by atoms with E-state index in [0.717, 1.165) is 6.42 Å². The minimum atomic E-state index is -1.38. The zero-order valence-corrected chi connectivity index (χ0v) is 23.9. The molecule has 11 unspecified atom stereocenters. The van der Waals surface area contributed by atoms with Crippen LogP contribution in [0.15, 0.2) is 0 Å². The first-order valence-electron chi connectivity index (χ1n) is 14.5. The van der Waals surface area contributed by atoms with Gasteiger partial charge in [0, 0.05) is 12.8 Å². The van der Waals surface area contributed by atoms with Gasteiger partial charge in [0.1, 0.15) is 5.60 Å². The molecule has 2 bridgehead atoms. The van der Waals surface area contributed by atoms with Gasteiger partial charge in [-0.15, -0.1) is 0 Å². The van der Waals surface area contributed by atoms with Crippen LogP contribution in [0.5, 0.6) is 0 Å². The van der Waals surface area contributed by atoms with E-state index in [9.17, 15) is 24.0 Å². The van der Waals surface area contributed by atoms with Crippen LogP contribution >= 0.6 is 0 Å². The molecule has 0 aromatic rings. The number of esters is 5. The largest absolute Gasteiger partial charge is 0.469 e. The Balaban J connectivity index is -0.000000462. The highest BCUT2D eigenvalue weighted by Gasteiger charge is 2.66. The Morgan fingerprint density at radius 3 is 1.84 bits per heavy atom. The summed E-state index contributed by atoms with van der Waals surface area (Å²) in [7, 11) is 1.28. The van der Waals surface area contributed by atoms with Gasteiger partial charge in [-0.3, -0.25) is 24.0 Å². The topological polar surface area (TPSA) is 122 Å². The summed E-state index contributed by atoms with van der Waals surface area (Å²) in [5.74, 6) is -2.34. The predicted octanol–water partition coefficient (Wildman–Crippen LogP) is 10.2. The van der Waals surface area contributed by atoms with Gasteiger partial charge in [0.05, 0.1) is 36.4 Å². The number of ether oxygens (including phenoxy) is 4. The number of rotatable bonds is 8. The van der Waals surface area contributed by atoms with Crippen molar-refractivity contribution in [2.24, 2.45) is 58.2 Å². The smallest absolute Gasteiger partial charge is 0.318 e. The third-order valence-electron chi connectivity index (χ3n) is 11.6. The van der Waals surface area contributed by atoms with E-state index < -0.39 is 46.2 Å². The molecule has 3 saturated heterocycles. The molecule has 2 aliphatic carbocycles. The number of carbonyl (C=O) groups is 5. The Morgan fingerprint density at radius 1 is 0.837 bits per heavy atom. The summed E-state index contributed by atoms with van der Waals surface area (Å²) in [6, 6.07) is 0. The van der Waals surface area contributed by atoms with E-state index in [2.05, 4.69) is 20.8 Å². The van der Waals surface area contributed by atoms with Crippen LogP contribution in [-0.2, 0) is 42.9 Å². The van der Waals surface area contributed by atoms with Gasteiger partial charge in [-0.2, -0.15) is 0 Å². The van der Waals surface area contributed by atoms with Crippen molar-refractivity contribution in [1.29, 1.82) is 0 Å². The second-order valence-corrected chi connectivity index (χ2v) is 13.7. The van der Waals surface area contributed by atoms with Crippen LogP contribution in [0.3, 0.4) is 0 Å². The summed E-state index contributed by atoms with van der Waals surface area (Å²) < 4.78 is 21.6. The van der Waals surface area contributed by atoms with Crippen LogP contribution in [-0.4, -0.2) is 49.2 Å². The third-order valence-corrected chi connectivity index (χ3v) is 11.6. The van der Waals surface area contributed by atoms with Crippen molar-refractivity contribution in [3.63, 3.8) is 0 Å². The quantitative estimate of drug-likeness (QED) is 0.138. The minimum absolute atomic E-state index is 0. The van der Waals surface area contributed by atoms with Gasteiger partial charge in [-0.1, -0.05) is 95.0 Å². The number of fused-ring (bicyclic) bond motifs is 2. The van der Waals surface area contributed by atoms with Crippen LogP contribution < -0.4 is 0 Å². The molecule has 5 aliphatic rings. The molecule has 5 rings (SSSR count). The minimum Gasteiger partial charge on any atom is -0.469 e. The van der Waals surface area contributed by atoms with Crippen LogP contribution in [0.2, 0.25) is 0 Å². The molecule has 0 amide bonds. The van der Waals surface area contributed by atoms with E-state index in [1.54, 1.807) is 6.92 Å². The molecular weight excluding hydrogens is 624 g/mol. The predicted molar refractivity (Wildman–Crippen MR) is 204 cm³/mol. The molecule has 9 heteroatoms. The number of hydrogen-bond donors (Lipinski definition) is 0. The van der Waals surface area contributed by atoms with Crippen molar-refractivity contribution >= 4 is 29.8 Å². The molecule has 3 aliphatic heterocycles. The standard InChI is InChI=1S/C30H42O9.10CH4/c1-15-16(2)19-13-18(15)17(3)21(19)22-23(25(33)38-24(22)32)29(5,27(35)36-6)9-10-30(8-7-20(31)39-30)14-28(4)11-12-37-26(28)34;;;;;;;;;;/h15-19,21-23H,7-14H2,1-6H3;10*1H4. The second-order valence-electron chi connectivity index (χ2n) is 13.7. The lowest BCUT2D eigenvalue weighted by molar-refractivity contribution is -0.167. The van der Waals surface area contributed by atoms with Crippen LogP contribution in [0.25, 0.3) is 0 Å². The molecule has 11 atom stereocenters. The van der Waals surface area contributed by atoms with Crippen molar-refractivity contribution in [1.82, 2.24) is 0 Å². The van der Waals surface area contributed by atoms with E-state index >= 15 is 0 Å². The van der Waals surface area contributed by atoms with Gasteiger partial charge < -0.3 is 18.9 Å². The highest BCUT2D eigenvalue weighted by atomic mass is 16.6. The van der Waals surface area contributed by atoms with Crippen molar-refractivity contribution in [2.75, 3.05) is 13.7 Å². The van der Waals surface area contributed by atoms with Crippen molar-refractivity contribution in [3.05, 3.63) is 0 Å². The fraction of sp³-hybridized carbons (Fsp3) is 0.875. The van der Waals surface area contributed by atoms with E-state index in [1.807, 2.05) is 6.92 Å². The summed E-state index contributed by atoms with van der Waals surface area (Å²) in [6.07, 6.45) is 2.82. The number of cyclic esters (lactones) is 4. The van der Waals surface area contributed by atoms with Crippen LogP contribution in [0.1, 0.15) is 154 Å². The highest BCUT2D eigenvalue weighted by molar-refractivity contribution is 6.00. The van der Waals surface area contributed by atoms with E-state index in [4.69, 9.17) is 18.9 Å². The van der Waals surface area contributed by atoms with Crippen molar-refractivity contribution in [2.45, 2.75) is 159 Å². The summed E-state index contributed by atoms with van der Waals surface area (Å²) >= 11 is 0. The molecule has 0 spiro atoms. The maximum absolute atomic E-state index is 13.5. The second kappa shape index (κ2) is 20.4. The zero-order chi connectivity index (χ0) is 28.5. The van der Waals surface area contributed by atoms with Gasteiger partial charge in [0.15, 0.2) is 0 Å². The molecule has 0 radical (unpaired) electrons. The maximum Gasteiger partial charge on any atom is 0.318 e. The molecule has 5 fully saturated rings. The van der Waals surface area contributed by atoms with Gasteiger partial charge in [-0.25, -0.2) is 0 Å². The number of carbonyl (C=O) groups excluding carboxylic acids is 5. The fourth-order valence-corrected chi connectivity index (χ4v) is 9.23. The number of hydrogen-bond acceptors (Lipinski definition) is 9. The molecule has 0 aromatic heterocycles. The zero-order valence-electron chi connectivity index (χ0n) is 23.9. The lowest BCUT2D eigenvalue weighted by Crippen LogP contribution is -2.49. The SMILES string of the molecule is C.C.C.C.C.C.C.C.C.C.COC(=O)C(C)(CCC1(CC2(C)CCOC2=O)CCC(=O)O1)C1C(=O)OC(=O)C1C1C(C)C2CC1C(C)C2C. The van der Waals surface area contributed by atoms with Gasteiger partial charge in [0.2, 0.25) is 0 Å². The fourth-order valence-electron chi connectivity index (χ4n) is 9.23. The van der Waals surface area contributed by atoms with Crippen molar-refractivity contribution in [3.8, 4) is 0 Å². The summed E-state index contributed by atoms with van der Waals surface area (Å²) in [5.41, 5.74) is -3.16. The summed E-state index contributed by atoms with van der Waals surface area (Å²) in [6.45, 7) is 10.5. The molecule has 9 nitrogen and oxygen atoms in total. The first-order valence-corrected chi connectivity index (χ1v) is 14.5. The summed E-state index contributed by atoms with van der Waals surface area (Å²) in [4.78, 5) is 65.1. The summed E-state index contributed by atoms with van der Waals surface area (Å²) in [5, 5.41) is 0. The van der Waals surface area contributed by atoms with E-state index in [-0.39, 0.29) is 130 Å². The van der Waals surface area contributed by atoms with Crippen LogP contribution in [0.4, 0.5) is 0 Å². The average Bonchev–Trinajstić information content (AvgIpc) is 3.65. The van der Waals surface area contributed by atoms with E-state index in [1.165, 1.54) is 7.11 Å². The highest BCUT2D eigenvalue weighted by Crippen LogP contribution is 2.63. The maximum atomic E-state index is 13.5. The molecule has 3 heterocycles. The number of methoxy groups -OCH3 is 1. The Morgan fingerprint density at radius 2 is 1.39 bits per heavy atom. The van der Waals surface area contributed by atoms with Crippen LogP contribution in [0, 0.1) is 58.2 Å². The Labute approximate surface area is 303 Å². The lowest BCUT2D eigenvalue weighted by Gasteiger charge is -2.43. The van der Waals surface area contributed by atoms with Crippen molar-refractivity contribution < 1.29 is 42.9 Å². The average molecular weight is 707 g/mol. The first kappa shape index (κ1) is 58.7. The van der Waals surface area contributed by atoms with Gasteiger partial charge in [0.25, 0.3) is 0 Å². The normalized spacial score (nSPS) is 35.6. The molecule has 2 saturated carbocycles. The Hall–Kier alpha value is -2.45. The molecule has 0 N–H and O–H groups in total. The van der Waals surface area contributed by atoms with Gasteiger partial charge in [-0.05, 0) is 81.5 Å².